The molecule has 0 saturated heterocycles. The molecule has 7 heteroatoms. The summed E-state index contributed by atoms with van der Waals surface area (Å²) in [5.41, 5.74) is 1.30. The Balaban J connectivity index is 1.33. The van der Waals surface area contributed by atoms with Crippen LogP contribution in [0, 0.1) is 0 Å². The van der Waals surface area contributed by atoms with Crippen LogP contribution in [0.5, 0.6) is 11.5 Å². The van der Waals surface area contributed by atoms with E-state index in [1.54, 1.807) is 10.9 Å². The summed E-state index contributed by atoms with van der Waals surface area (Å²) in [6.07, 6.45) is 2.77. The van der Waals surface area contributed by atoms with E-state index < -0.39 is 5.97 Å². The summed E-state index contributed by atoms with van der Waals surface area (Å²) < 4.78 is 18.4. The van der Waals surface area contributed by atoms with Gasteiger partial charge in [-0.1, -0.05) is 41.9 Å². The minimum absolute atomic E-state index is 0.100. The van der Waals surface area contributed by atoms with Gasteiger partial charge < -0.3 is 14.2 Å². The topological polar surface area (TPSA) is 62.6 Å². The average Bonchev–Trinajstić information content (AvgIpc) is 3.16. The fourth-order valence-electron chi connectivity index (χ4n) is 2.75. The van der Waals surface area contributed by atoms with Gasteiger partial charge in [-0.05, 0) is 23.8 Å². The van der Waals surface area contributed by atoms with E-state index in [0.717, 1.165) is 5.56 Å². The van der Waals surface area contributed by atoms with Crippen molar-refractivity contribution in [3.8, 4) is 11.5 Å². The number of esters is 1. The van der Waals surface area contributed by atoms with Crippen LogP contribution in [0.25, 0.3) is 0 Å². The fourth-order valence-corrected chi connectivity index (χ4v) is 2.95. The maximum absolute atomic E-state index is 12.3. The molecule has 0 amide bonds. The van der Waals surface area contributed by atoms with E-state index >= 15 is 0 Å². The van der Waals surface area contributed by atoms with Crippen LogP contribution in [-0.2, 0) is 11.3 Å². The number of para-hydroxylation sites is 2. The smallest absolute Gasteiger partial charge is 0.341 e. The highest BCUT2D eigenvalue weighted by Gasteiger charge is 2.22. The molecule has 3 aromatic rings. The predicted molar refractivity (Wildman–Crippen MR) is 99.4 cm³/mol. The van der Waals surface area contributed by atoms with E-state index in [0.29, 0.717) is 35.2 Å². The van der Waals surface area contributed by atoms with Crippen molar-refractivity contribution in [2.24, 2.45) is 0 Å². The molecule has 0 saturated carbocycles. The summed E-state index contributed by atoms with van der Waals surface area (Å²) in [4.78, 5) is 12.3. The second-order valence-corrected chi connectivity index (χ2v) is 6.52. The summed E-state index contributed by atoms with van der Waals surface area (Å²) in [6, 6.07) is 14.9. The number of halogens is 1. The van der Waals surface area contributed by atoms with Crippen molar-refractivity contribution in [3.05, 3.63) is 77.1 Å². The zero-order valence-corrected chi connectivity index (χ0v) is 15.1. The first kappa shape index (κ1) is 17.4. The monoisotopic (exact) mass is 384 g/mol. The van der Waals surface area contributed by atoms with Crippen molar-refractivity contribution in [1.29, 1.82) is 0 Å². The first-order chi connectivity index (χ1) is 13.2. The Bertz CT molecular complexity index is 956. The van der Waals surface area contributed by atoms with Crippen LogP contribution in [0.2, 0.25) is 5.02 Å². The molecule has 0 N–H and O–H groups in total. The summed E-state index contributed by atoms with van der Waals surface area (Å²) in [5, 5.41) is 4.86. The lowest BCUT2D eigenvalue weighted by atomic mass is 10.2. The molecule has 0 radical (unpaired) electrons. The van der Waals surface area contributed by atoms with Crippen molar-refractivity contribution in [2.45, 2.75) is 12.6 Å². The average molecular weight is 385 g/mol. The van der Waals surface area contributed by atoms with Gasteiger partial charge >= 0.3 is 5.97 Å². The first-order valence-electron chi connectivity index (χ1n) is 8.50. The van der Waals surface area contributed by atoms with Gasteiger partial charge in [-0.3, -0.25) is 4.68 Å². The molecule has 0 bridgehead atoms. The highest BCUT2D eigenvalue weighted by Crippen LogP contribution is 2.30. The minimum Gasteiger partial charge on any atom is -0.486 e. The van der Waals surface area contributed by atoms with Gasteiger partial charge in [-0.25, -0.2) is 4.79 Å². The molecule has 4 rings (SSSR count). The third kappa shape index (κ3) is 4.06. The Morgan fingerprint density at radius 1 is 1.19 bits per heavy atom. The number of benzene rings is 2. The van der Waals surface area contributed by atoms with Crippen LogP contribution < -0.4 is 9.47 Å². The van der Waals surface area contributed by atoms with E-state index in [-0.39, 0.29) is 12.7 Å². The lowest BCUT2D eigenvalue weighted by molar-refractivity contribution is 0.0109. The lowest BCUT2D eigenvalue weighted by Gasteiger charge is -2.25. The zero-order valence-electron chi connectivity index (χ0n) is 14.4. The van der Waals surface area contributed by atoms with Crippen LogP contribution in [0.3, 0.4) is 0 Å². The highest BCUT2D eigenvalue weighted by atomic mass is 35.5. The Labute approximate surface area is 161 Å². The predicted octanol–water partition coefficient (Wildman–Crippen LogP) is 3.58. The van der Waals surface area contributed by atoms with Crippen molar-refractivity contribution in [2.75, 3.05) is 13.2 Å². The molecule has 0 unspecified atom stereocenters. The van der Waals surface area contributed by atoms with E-state index in [4.69, 9.17) is 25.8 Å². The number of carbonyl (C=O) groups is 1. The van der Waals surface area contributed by atoms with Crippen LogP contribution in [0.15, 0.2) is 60.9 Å². The number of carbonyl (C=O) groups excluding carboxylic acids is 1. The standard InChI is InChI=1S/C20H17ClN2O4/c21-17-6-2-1-5-14(17)10-23-11-15(9-22-23)20(24)26-13-16-12-25-18-7-3-4-8-19(18)27-16/h1-9,11,16H,10,12-13H2/t16-/m0/s1. The van der Waals surface area contributed by atoms with Gasteiger partial charge in [0.2, 0.25) is 0 Å². The largest absolute Gasteiger partial charge is 0.486 e. The highest BCUT2D eigenvalue weighted by molar-refractivity contribution is 6.31. The molecule has 0 spiro atoms. The van der Waals surface area contributed by atoms with Crippen molar-refractivity contribution in [1.82, 2.24) is 9.78 Å². The Morgan fingerprint density at radius 2 is 1.96 bits per heavy atom. The molecule has 138 valence electrons. The summed E-state index contributed by atoms with van der Waals surface area (Å²) in [7, 11) is 0. The number of fused-ring (bicyclic) bond motifs is 1. The maximum Gasteiger partial charge on any atom is 0.341 e. The summed E-state index contributed by atoms with van der Waals surface area (Å²) in [6.45, 7) is 0.905. The maximum atomic E-state index is 12.3. The molecule has 0 fully saturated rings. The third-order valence-electron chi connectivity index (χ3n) is 4.13. The zero-order chi connectivity index (χ0) is 18.6. The van der Waals surface area contributed by atoms with E-state index in [1.807, 2.05) is 48.5 Å². The quantitative estimate of drug-likeness (QED) is 0.629. The van der Waals surface area contributed by atoms with Gasteiger partial charge in [0.15, 0.2) is 17.6 Å². The molecule has 2 aromatic carbocycles. The SMILES string of the molecule is O=C(OC[C@@H]1COc2ccccc2O1)c1cnn(Cc2ccccc2Cl)c1. The van der Waals surface area contributed by atoms with Crippen LogP contribution in [0.1, 0.15) is 15.9 Å². The molecule has 6 nitrogen and oxygen atoms in total. The molecule has 1 aromatic heterocycles. The summed E-state index contributed by atoms with van der Waals surface area (Å²) >= 11 is 6.16. The van der Waals surface area contributed by atoms with E-state index in [1.165, 1.54) is 6.20 Å². The Hall–Kier alpha value is -2.99. The lowest BCUT2D eigenvalue weighted by Crippen LogP contribution is -2.34. The number of ether oxygens (including phenoxy) is 3. The Kier molecular flexibility index (Phi) is 4.98. The number of hydrogen-bond acceptors (Lipinski definition) is 5. The third-order valence-corrected chi connectivity index (χ3v) is 4.50. The Morgan fingerprint density at radius 3 is 2.81 bits per heavy atom. The fraction of sp³-hybridized carbons (Fsp3) is 0.200. The van der Waals surface area contributed by atoms with Gasteiger partial charge in [0, 0.05) is 11.2 Å². The number of rotatable bonds is 5. The van der Waals surface area contributed by atoms with E-state index in [9.17, 15) is 4.79 Å². The van der Waals surface area contributed by atoms with Crippen molar-refractivity contribution < 1.29 is 19.0 Å². The number of hydrogen-bond donors (Lipinski definition) is 0. The minimum atomic E-state index is -0.456. The van der Waals surface area contributed by atoms with E-state index in [2.05, 4.69) is 5.10 Å². The molecule has 0 aliphatic carbocycles. The molecular formula is C20H17ClN2O4. The van der Waals surface area contributed by atoms with Crippen LogP contribution >= 0.6 is 11.6 Å². The van der Waals surface area contributed by atoms with Crippen molar-refractivity contribution >= 4 is 17.6 Å². The molecule has 1 aliphatic rings. The van der Waals surface area contributed by atoms with Gasteiger partial charge in [0.25, 0.3) is 0 Å². The van der Waals surface area contributed by atoms with Gasteiger partial charge in [-0.2, -0.15) is 5.10 Å². The normalized spacial score (nSPS) is 15.4. The molecular weight excluding hydrogens is 368 g/mol. The number of aromatic nitrogens is 2. The van der Waals surface area contributed by atoms with Gasteiger partial charge in [0.05, 0.1) is 18.3 Å². The second-order valence-electron chi connectivity index (χ2n) is 6.11. The molecule has 27 heavy (non-hydrogen) atoms. The van der Waals surface area contributed by atoms with Crippen LogP contribution in [-0.4, -0.2) is 35.1 Å². The van der Waals surface area contributed by atoms with Gasteiger partial charge in [-0.15, -0.1) is 0 Å². The summed E-state index contributed by atoms with van der Waals surface area (Å²) in [5.74, 6) is 0.890. The van der Waals surface area contributed by atoms with Gasteiger partial charge in [0.1, 0.15) is 13.2 Å². The molecule has 1 aliphatic heterocycles. The second kappa shape index (κ2) is 7.72. The van der Waals surface area contributed by atoms with Crippen molar-refractivity contribution in [3.63, 3.8) is 0 Å². The molecule has 2 heterocycles. The molecule has 1 atom stereocenters. The number of nitrogens with zero attached hydrogens (tertiary/aromatic N) is 2. The van der Waals surface area contributed by atoms with Crippen LogP contribution in [0.4, 0.5) is 0 Å². The first-order valence-corrected chi connectivity index (χ1v) is 8.88.